The number of hydrogen-bond acceptors (Lipinski definition) is 15. The van der Waals surface area contributed by atoms with Crippen molar-refractivity contribution in [1.82, 2.24) is 0 Å². The summed E-state index contributed by atoms with van der Waals surface area (Å²) in [5.74, 6) is -0.675. The van der Waals surface area contributed by atoms with Crippen LogP contribution in [0.2, 0.25) is 0 Å². The first-order valence-corrected chi connectivity index (χ1v) is 38.5. The molecule has 0 amide bonds. The maximum atomic E-state index is 13.0. The van der Waals surface area contributed by atoms with Crippen LogP contribution < -0.4 is 0 Å². The Balaban J connectivity index is 5.22. The van der Waals surface area contributed by atoms with E-state index in [1.807, 2.05) is 0 Å². The fourth-order valence-corrected chi connectivity index (χ4v) is 11.8. The van der Waals surface area contributed by atoms with Gasteiger partial charge in [-0.15, -0.1) is 0 Å². The maximum Gasteiger partial charge on any atom is 0.472 e. The predicted molar refractivity (Wildman–Crippen MR) is 349 cm³/mol. The van der Waals surface area contributed by atoms with Crippen LogP contribution in [0.15, 0.2) is 0 Å². The zero-order chi connectivity index (χ0) is 64.3. The molecule has 0 aromatic rings. The number of aliphatic hydroxyl groups is 1. The molecular formula is C68H132O17P2. The Labute approximate surface area is 530 Å². The molecule has 0 aliphatic rings. The van der Waals surface area contributed by atoms with Gasteiger partial charge < -0.3 is 33.8 Å². The number of carbonyl (C=O) groups excluding carboxylic acids is 4. The molecule has 0 rings (SSSR count). The third kappa shape index (κ3) is 62.6. The molecule has 0 bridgehead atoms. The van der Waals surface area contributed by atoms with Crippen molar-refractivity contribution < 1.29 is 80.2 Å². The van der Waals surface area contributed by atoms with E-state index in [0.29, 0.717) is 31.6 Å². The molecule has 0 radical (unpaired) electrons. The number of rotatable bonds is 67. The molecule has 3 N–H and O–H groups in total. The molecule has 0 aromatic carbocycles. The lowest BCUT2D eigenvalue weighted by Crippen LogP contribution is -2.30. The number of phosphoric acid groups is 2. The van der Waals surface area contributed by atoms with Gasteiger partial charge >= 0.3 is 39.5 Å². The first-order chi connectivity index (χ1) is 41.9. The summed E-state index contributed by atoms with van der Waals surface area (Å²) in [6.45, 7) is 9.44. The van der Waals surface area contributed by atoms with Gasteiger partial charge in [0.25, 0.3) is 0 Å². The highest BCUT2D eigenvalue weighted by atomic mass is 31.2. The van der Waals surface area contributed by atoms with Gasteiger partial charge in [0, 0.05) is 25.7 Å². The summed E-state index contributed by atoms with van der Waals surface area (Å²) in [7, 11) is -9.89. The summed E-state index contributed by atoms with van der Waals surface area (Å²) in [6.07, 6.45) is 44.6. The van der Waals surface area contributed by atoms with Crippen molar-refractivity contribution in [2.24, 2.45) is 11.8 Å². The van der Waals surface area contributed by atoms with Crippen LogP contribution in [0, 0.1) is 11.8 Å². The highest BCUT2D eigenvalue weighted by Crippen LogP contribution is 2.45. The summed E-state index contributed by atoms with van der Waals surface area (Å²) in [5.41, 5.74) is 0. The highest BCUT2D eigenvalue weighted by Gasteiger charge is 2.30. The van der Waals surface area contributed by atoms with E-state index >= 15 is 0 Å². The minimum absolute atomic E-state index is 0.102. The largest absolute Gasteiger partial charge is 0.472 e. The van der Waals surface area contributed by atoms with Crippen molar-refractivity contribution in [2.75, 3.05) is 39.6 Å². The van der Waals surface area contributed by atoms with Crippen LogP contribution in [0.4, 0.5) is 0 Å². The standard InChI is InChI=1S/C68H132O17P2/c1-7-9-11-13-15-17-18-20-24-28-32-39-45-51-66(71)79-56-63(84-67(72)52-46-40-33-29-25-22-19-21-23-27-30-36-42-48-60(3)4)58-82-86(74,75)80-54-62(69)55-81-87(76,77)83-59-64(85-68(73)53-47-41-35-34-37-43-49-61(5)6)57-78-65(70)50-44-38-31-26-16-14-12-10-8-2/h60-64,69H,7-59H2,1-6H3,(H,74,75)(H,76,77)/t62-,63-,64-/m1/s1. The molecule has 0 spiro atoms. The summed E-state index contributed by atoms with van der Waals surface area (Å²) >= 11 is 0. The highest BCUT2D eigenvalue weighted by molar-refractivity contribution is 7.47. The lowest BCUT2D eigenvalue weighted by molar-refractivity contribution is -0.161. The van der Waals surface area contributed by atoms with E-state index in [4.69, 9.17) is 37.0 Å². The third-order valence-corrected chi connectivity index (χ3v) is 17.6. The Kier molecular flexibility index (Phi) is 59.0. The predicted octanol–water partition coefficient (Wildman–Crippen LogP) is 19.2. The second-order valence-electron chi connectivity index (χ2n) is 25.5. The van der Waals surface area contributed by atoms with E-state index in [9.17, 15) is 43.2 Å². The molecule has 0 aromatic heterocycles. The Morgan fingerprint density at radius 3 is 0.782 bits per heavy atom. The summed E-state index contributed by atoms with van der Waals surface area (Å²) in [4.78, 5) is 72.3. The van der Waals surface area contributed by atoms with Gasteiger partial charge in [-0.3, -0.25) is 37.3 Å². The first kappa shape index (κ1) is 85.1. The molecular weight excluding hydrogens is 1150 g/mol. The van der Waals surface area contributed by atoms with Crippen LogP contribution in [0.25, 0.3) is 0 Å². The van der Waals surface area contributed by atoms with Crippen LogP contribution >= 0.6 is 15.6 Å². The van der Waals surface area contributed by atoms with Gasteiger partial charge in [0.1, 0.15) is 19.3 Å². The molecule has 5 atom stereocenters. The van der Waals surface area contributed by atoms with Gasteiger partial charge in [0.15, 0.2) is 12.2 Å². The molecule has 0 saturated carbocycles. The number of phosphoric ester groups is 2. The molecule has 516 valence electrons. The van der Waals surface area contributed by atoms with Crippen LogP contribution in [0.1, 0.15) is 343 Å². The summed E-state index contributed by atoms with van der Waals surface area (Å²) in [5, 5.41) is 10.6. The molecule has 0 aliphatic carbocycles. The zero-order valence-electron chi connectivity index (χ0n) is 56.3. The summed E-state index contributed by atoms with van der Waals surface area (Å²) in [6, 6.07) is 0. The van der Waals surface area contributed by atoms with Crippen molar-refractivity contribution >= 4 is 39.5 Å². The van der Waals surface area contributed by atoms with Crippen molar-refractivity contribution in [3.8, 4) is 0 Å². The van der Waals surface area contributed by atoms with E-state index in [1.165, 1.54) is 161 Å². The van der Waals surface area contributed by atoms with Gasteiger partial charge in [-0.2, -0.15) is 0 Å². The Bertz CT molecular complexity index is 1700. The van der Waals surface area contributed by atoms with Crippen LogP contribution in [-0.4, -0.2) is 96.7 Å². The molecule has 19 heteroatoms. The molecule has 0 fully saturated rings. The van der Waals surface area contributed by atoms with Gasteiger partial charge in [0.05, 0.1) is 26.4 Å². The summed E-state index contributed by atoms with van der Waals surface area (Å²) < 4.78 is 68.1. The minimum Gasteiger partial charge on any atom is -0.462 e. The number of unbranched alkanes of at least 4 members (excludes halogenated alkanes) is 37. The lowest BCUT2D eigenvalue weighted by atomic mass is 10.0. The normalized spacial score (nSPS) is 14.2. The van der Waals surface area contributed by atoms with E-state index in [1.54, 1.807) is 0 Å². The van der Waals surface area contributed by atoms with Crippen LogP contribution in [0.5, 0.6) is 0 Å². The second-order valence-corrected chi connectivity index (χ2v) is 28.4. The lowest BCUT2D eigenvalue weighted by Gasteiger charge is -2.21. The van der Waals surface area contributed by atoms with Crippen molar-refractivity contribution in [2.45, 2.75) is 362 Å². The molecule has 0 saturated heterocycles. The average Bonchev–Trinajstić information content (AvgIpc) is 3.70. The fourth-order valence-electron chi connectivity index (χ4n) is 10.2. The van der Waals surface area contributed by atoms with Gasteiger partial charge in [0.2, 0.25) is 0 Å². The van der Waals surface area contributed by atoms with E-state index < -0.39 is 97.5 Å². The molecule has 0 heterocycles. The Morgan fingerprint density at radius 2 is 0.529 bits per heavy atom. The van der Waals surface area contributed by atoms with E-state index in [-0.39, 0.29) is 25.7 Å². The maximum absolute atomic E-state index is 13.0. The van der Waals surface area contributed by atoms with E-state index in [0.717, 1.165) is 95.8 Å². The number of hydrogen-bond donors (Lipinski definition) is 3. The number of aliphatic hydroxyl groups excluding tert-OH is 1. The Hall–Kier alpha value is -1.94. The smallest absolute Gasteiger partial charge is 0.462 e. The molecule has 17 nitrogen and oxygen atoms in total. The first-order valence-electron chi connectivity index (χ1n) is 35.5. The SMILES string of the molecule is CCCCCCCCCCCCCCCC(=O)OC[C@H](COP(=O)(O)OC[C@@H](O)COP(=O)(O)OC[C@@H](COC(=O)CCCCCCCCCCC)OC(=O)CCCCCCCCC(C)C)OC(=O)CCCCCCCCCCCCCCCC(C)C. The van der Waals surface area contributed by atoms with Crippen LogP contribution in [-0.2, 0) is 65.4 Å². The molecule has 87 heavy (non-hydrogen) atoms. The van der Waals surface area contributed by atoms with E-state index in [2.05, 4.69) is 41.5 Å². The third-order valence-electron chi connectivity index (χ3n) is 15.7. The molecule has 0 aliphatic heterocycles. The van der Waals surface area contributed by atoms with Crippen LogP contribution in [0.3, 0.4) is 0 Å². The topological polar surface area (TPSA) is 237 Å². The van der Waals surface area contributed by atoms with Gasteiger partial charge in [-0.25, -0.2) is 9.13 Å². The van der Waals surface area contributed by atoms with Crippen molar-refractivity contribution in [1.29, 1.82) is 0 Å². The zero-order valence-corrected chi connectivity index (χ0v) is 58.1. The number of esters is 4. The Morgan fingerprint density at radius 1 is 0.310 bits per heavy atom. The van der Waals surface area contributed by atoms with Gasteiger partial charge in [-0.1, -0.05) is 292 Å². The van der Waals surface area contributed by atoms with Crippen molar-refractivity contribution in [3.05, 3.63) is 0 Å². The average molecular weight is 1280 g/mol. The monoisotopic (exact) mass is 1280 g/mol. The number of ether oxygens (including phenoxy) is 4. The van der Waals surface area contributed by atoms with Crippen molar-refractivity contribution in [3.63, 3.8) is 0 Å². The quantitative estimate of drug-likeness (QED) is 0.0222. The number of carbonyl (C=O) groups is 4. The van der Waals surface area contributed by atoms with Gasteiger partial charge in [-0.05, 0) is 37.5 Å². The second kappa shape index (κ2) is 60.3. The minimum atomic E-state index is -4.95. The molecule has 2 unspecified atom stereocenters. The fraction of sp³-hybridized carbons (Fsp3) is 0.941.